The van der Waals surface area contributed by atoms with Crippen LogP contribution in [0.5, 0.6) is 0 Å². The normalized spacial score (nSPS) is 13.4. The standard InChI is InChI=1S/C17H23ClO5S/c18-14-8-6-13(7-9-14)5-3-1-2-4-10-24-12-17(23,16(21)22)11-15(19)20/h6-9,23H,1-5,10-12H2,(H,19,20)(H,21,22)/t17-/m1/s1. The highest BCUT2D eigenvalue weighted by Crippen LogP contribution is 2.20. The second-order valence-electron chi connectivity index (χ2n) is 5.75. The smallest absolute Gasteiger partial charge is 0.337 e. The number of rotatable bonds is 12. The Morgan fingerprint density at radius 3 is 2.25 bits per heavy atom. The number of unbranched alkanes of at least 4 members (excludes halogenated alkanes) is 3. The molecule has 0 fully saturated rings. The molecule has 0 aliphatic heterocycles. The van der Waals surface area contributed by atoms with Gasteiger partial charge in [0, 0.05) is 10.8 Å². The summed E-state index contributed by atoms with van der Waals surface area (Å²) in [5, 5.41) is 28.2. The number of thioether (sulfide) groups is 1. The number of carboxylic acid groups (broad SMARTS) is 2. The van der Waals surface area contributed by atoms with Crippen LogP contribution in [0.4, 0.5) is 0 Å². The summed E-state index contributed by atoms with van der Waals surface area (Å²) in [6.45, 7) is 0. The number of hydrogen-bond donors (Lipinski definition) is 3. The van der Waals surface area contributed by atoms with Gasteiger partial charge in [-0.15, -0.1) is 0 Å². The predicted octanol–water partition coefficient (Wildman–Crippen LogP) is 3.47. The Morgan fingerprint density at radius 2 is 1.67 bits per heavy atom. The molecule has 0 radical (unpaired) electrons. The number of carbonyl (C=O) groups is 2. The third-order valence-electron chi connectivity index (χ3n) is 3.60. The molecule has 0 amide bonds. The zero-order valence-corrected chi connectivity index (χ0v) is 15.0. The van der Waals surface area contributed by atoms with Gasteiger partial charge in [-0.25, -0.2) is 4.79 Å². The predicted molar refractivity (Wildman–Crippen MR) is 95.8 cm³/mol. The highest BCUT2D eigenvalue weighted by molar-refractivity contribution is 7.99. The van der Waals surface area contributed by atoms with Gasteiger partial charge in [0.25, 0.3) is 0 Å². The van der Waals surface area contributed by atoms with Crippen LogP contribution in [-0.2, 0) is 16.0 Å². The second kappa shape index (κ2) is 10.6. The van der Waals surface area contributed by atoms with E-state index in [2.05, 4.69) is 0 Å². The maximum atomic E-state index is 11.0. The van der Waals surface area contributed by atoms with Crippen LogP contribution in [0.1, 0.15) is 37.7 Å². The van der Waals surface area contributed by atoms with Crippen molar-refractivity contribution >= 4 is 35.3 Å². The SMILES string of the molecule is O=C(O)C[C@@](O)(CSCCCCCCc1ccc(Cl)cc1)C(=O)O. The van der Waals surface area contributed by atoms with Crippen molar-refractivity contribution in [2.45, 2.75) is 44.1 Å². The zero-order valence-electron chi connectivity index (χ0n) is 13.4. The molecule has 134 valence electrons. The summed E-state index contributed by atoms with van der Waals surface area (Å²) in [5.74, 6) is -2.21. The van der Waals surface area contributed by atoms with Crippen molar-refractivity contribution in [3.05, 3.63) is 34.9 Å². The molecule has 1 aromatic rings. The summed E-state index contributed by atoms with van der Waals surface area (Å²) in [6.07, 6.45) is 4.29. The highest BCUT2D eigenvalue weighted by Gasteiger charge is 2.38. The fourth-order valence-electron chi connectivity index (χ4n) is 2.22. The molecule has 1 rings (SSSR count). The molecule has 0 aromatic heterocycles. The second-order valence-corrected chi connectivity index (χ2v) is 7.29. The van der Waals surface area contributed by atoms with E-state index in [4.69, 9.17) is 21.8 Å². The van der Waals surface area contributed by atoms with Crippen LogP contribution in [-0.4, -0.2) is 44.4 Å². The van der Waals surface area contributed by atoms with E-state index in [0.717, 1.165) is 37.1 Å². The number of benzene rings is 1. The van der Waals surface area contributed by atoms with Gasteiger partial charge in [0.05, 0.1) is 6.42 Å². The van der Waals surface area contributed by atoms with E-state index < -0.39 is 24.0 Å². The Bertz CT molecular complexity index is 534. The van der Waals surface area contributed by atoms with E-state index in [0.29, 0.717) is 5.75 Å². The van der Waals surface area contributed by atoms with Crippen molar-refractivity contribution in [1.29, 1.82) is 0 Å². The lowest BCUT2D eigenvalue weighted by Gasteiger charge is -2.20. The molecule has 0 bridgehead atoms. The molecule has 0 saturated heterocycles. The minimum Gasteiger partial charge on any atom is -0.481 e. The summed E-state index contributed by atoms with van der Waals surface area (Å²) < 4.78 is 0. The minimum atomic E-state index is -2.19. The number of aryl methyl sites for hydroxylation is 1. The average molecular weight is 375 g/mol. The van der Waals surface area contributed by atoms with Crippen LogP contribution in [0.15, 0.2) is 24.3 Å². The summed E-state index contributed by atoms with van der Waals surface area (Å²) in [4.78, 5) is 21.6. The molecule has 5 nitrogen and oxygen atoms in total. The largest absolute Gasteiger partial charge is 0.481 e. The Morgan fingerprint density at radius 1 is 1.04 bits per heavy atom. The molecule has 0 spiro atoms. The van der Waals surface area contributed by atoms with E-state index in [1.54, 1.807) is 0 Å². The Hall–Kier alpha value is -1.24. The third kappa shape index (κ3) is 8.04. The van der Waals surface area contributed by atoms with Gasteiger partial charge < -0.3 is 15.3 Å². The molecule has 0 saturated carbocycles. The van der Waals surface area contributed by atoms with Crippen LogP contribution >= 0.6 is 23.4 Å². The zero-order chi connectivity index (χ0) is 18.0. The van der Waals surface area contributed by atoms with Crippen LogP contribution in [0.2, 0.25) is 5.02 Å². The molecule has 7 heteroatoms. The monoisotopic (exact) mass is 374 g/mol. The Balaban J connectivity index is 2.12. The van der Waals surface area contributed by atoms with Gasteiger partial charge in [-0.05, 0) is 42.7 Å². The molecule has 24 heavy (non-hydrogen) atoms. The number of carboxylic acids is 2. The molecule has 0 aliphatic rings. The molecule has 0 aliphatic carbocycles. The molecular weight excluding hydrogens is 352 g/mol. The van der Waals surface area contributed by atoms with Crippen molar-refractivity contribution in [2.24, 2.45) is 0 Å². The van der Waals surface area contributed by atoms with Gasteiger partial charge >= 0.3 is 11.9 Å². The van der Waals surface area contributed by atoms with Crippen molar-refractivity contribution in [1.82, 2.24) is 0 Å². The molecule has 3 N–H and O–H groups in total. The lowest BCUT2D eigenvalue weighted by atomic mass is 10.0. The lowest BCUT2D eigenvalue weighted by Crippen LogP contribution is -2.43. The molecule has 1 atom stereocenters. The first-order chi connectivity index (χ1) is 11.3. The number of aliphatic carboxylic acids is 2. The maximum absolute atomic E-state index is 11.0. The fraction of sp³-hybridized carbons (Fsp3) is 0.529. The Labute approximate surface area is 151 Å². The lowest BCUT2D eigenvalue weighted by molar-refractivity contribution is -0.162. The van der Waals surface area contributed by atoms with Gasteiger partial charge in [0.2, 0.25) is 0 Å². The fourth-order valence-corrected chi connectivity index (χ4v) is 3.46. The van der Waals surface area contributed by atoms with E-state index in [1.165, 1.54) is 17.3 Å². The Kier molecular flexibility index (Phi) is 9.18. The average Bonchev–Trinajstić information content (AvgIpc) is 2.51. The van der Waals surface area contributed by atoms with Crippen molar-refractivity contribution in [3.8, 4) is 0 Å². The van der Waals surface area contributed by atoms with Crippen molar-refractivity contribution in [2.75, 3.05) is 11.5 Å². The van der Waals surface area contributed by atoms with Gasteiger partial charge in [-0.3, -0.25) is 4.79 Å². The quantitative estimate of drug-likeness (QED) is 0.485. The summed E-state index contributed by atoms with van der Waals surface area (Å²) >= 11 is 7.11. The number of halogens is 1. The topological polar surface area (TPSA) is 94.8 Å². The summed E-state index contributed by atoms with van der Waals surface area (Å²) in [7, 11) is 0. The number of hydrogen-bond acceptors (Lipinski definition) is 4. The van der Waals surface area contributed by atoms with Crippen LogP contribution < -0.4 is 0 Å². The number of aliphatic hydroxyl groups is 1. The molecule has 0 unspecified atom stereocenters. The van der Waals surface area contributed by atoms with Crippen LogP contribution in [0.3, 0.4) is 0 Å². The van der Waals surface area contributed by atoms with Crippen molar-refractivity contribution in [3.63, 3.8) is 0 Å². The van der Waals surface area contributed by atoms with Crippen molar-refractivity contribution < 1.29 is 24.9 Å². The molecular formula is C17H23ClO5S. The van der Waals surface area contributed by atoms with Crippen LogP contribution in [0, 0.1) is 0 Å². The van der Waals surface area contributed by atoms with E-state index in [1.807, 2.05) is 24.3 Å². The van der Waals surface area contributed by atoms with Gasteiger partial charge in [0.1, 0.15) is 0 Å². The van der Waals surface area contributed by atoms with Gasteiger partial charge in [-0.2, -0.15) is 11.8 Å². The maximum Gasteiger partial charge on any atom is 0.337 e. The highest BCUT2D eigenvalue weighted by atomic mass is 35.5. The molecule has 0 heterocycles. The molecule has 1 aromatic carbocycles. The van der Waals surface area contributed by atoms with E-state index >= 15 is 0 Å². The first kappa shape index (κ1) is 20.8. The van der Waals surface area contributed by atoms with Gasteiger partial charge in [0.15, 0.2) is 5.60 Å². The summed E-state index contributed by atoms with van der Waals surface area (Å²) in [6, 6.07) is 7.81. The van der Waals surface area contributed by atoms with E-state index in [9.17, 15) is 14.7 Å². The van der Waals surface area contributed by atoms with Gasteiger partial charge in [-0.1, -0.05) is 36.6 Å². The minimum absolute atomic E-state index is 0.112. The first-order valence-corrected chi connectivity index (χ1v) is 9.36. The summed E-state index contributed by atoms with van der Waals surface area (Å²) in [5.41, 5.74) is -0.931. The van der Waals surface area contributed by atoms with E-state index in [-0.39, 0.29) is 5.75 Å². The van der Waals surface area contributed by atoms with Crippen LogP contribution in [0.25, 0.3) is 0 Å². The first-order valence-electron chi connectivity index (χ1n) is 7.83. The third-order valence-corrected chi connectivity index (χ3v) is 5.11.